The van der Waals surface area contributed by atoms with Gasteiger partial charge in [-0.3, -0.25) is 4.79 Å². The first-order valence-electron chi connectivity index (χ1n) is 26.3. The second-order valence-electron chi connectivity index (χ2n) is 23.3. The number of fused-ring (bicyclic) bond motifs is 7. The second-order valence-corrected chi connectivity index (χ2v) is 23.3. The Labute approximate surface area is 423 Å². The number of aliphatic hydroxyl groups excluding tert-OH is 13. The molecule has 29 atom stereocenters. The van der Waals surface area contributed by atoms with Crippen molar-refractivity contribution in [3.63, 3.8) is 0 Å². The number of Topliss-reactive ketones (excluding diaryl/α,β-unsaturated/α-hetero) is 1. The van der Waals surface area contributed by atoms with Crippen molar-refractivity contribution in [2.24, 2.45) is 52.3 Å². The predicted molar refractivity (Wildman–Crippen MR) is 245 cm³/mol. The minimum Gasteiger partial charge on any atom is -0.494 e. The molecule has 418 valence electrons. The summed E-state index contributed by atoms with van der Waals surface area (Å²) in [5.74, 6) is 0.816. The molecule has 5 heterocycles. The van der Waals surface area contributed by atoms with Crippen LogP contribution in [0.25, 0.3) is 0 Å². The summed E-state index contributed by atoms with van der Waals surface area (Å²) in [6.07, 6.45) is -22.7. The number of carbonyl (C=O) groups excluding carboxylic acids is 1. The van der Waals surface area contributed by atoms with Gasteiger partial charge in [0.1, 0.15) is 103 Å². The van der Waals surface area contributed by atoms with Crippen molar-refractivity contribution in [1.82, 2.24) is 0 Å². The number of aliphatic hydroxyl groups is 13. The standard InChI is InChI=1S/C50H80O23/c1-19(15-65-46-41(63)37(59)36(58)31(14-52)71-46)9-21(13-51)43-20(2)33-30(70-43)12-25-23-11-27(53)26-10-22(5-7-49(26,3)24(23)6-8-50(25,33)4)69-48-42(64)38(60)44(73-47-40(62)35(57)29(55)17-67-47)32(72-48)18-68-45-39(61)34(56)28(54)16-66-45/h19,21-26,28-42,44-48,51-52,54-64H,5-18H2,1-4H3. The van der Waals surface area contributed by atoms with Gasteiger partial charge < -0.3 is 109 Å². The molecule has 4 saturated heterocycles. The van der Waals surface area contributed by atoms with Crippen LogP contribution in [0.15, 0.2) is 11.3 Å². The highest BCUT2D eigenvalue weighted by molar-refractivity contribution is 5.83. The summed E-state index contributed by atoms with van der Waals surface area (Å²) in [5.41, 5.74) is 0.616. The third-order valence-electron chi connectivity index (χ3n) is 18.8. The van der Waals surface area contributed by atoms with Crippen molar-refractivity contribution in [2.75, 3.05) is 39.6 Å². The maximum absolute atomic E-state index is 14.5. The van der Waals surface area contributed by atoms with Gasteiger partial charge in [-0.25, -0.2) is 0 Å². The molecule has 73 heavy (non-hydrogen) atoms. The van der Waals surface area contributed by atoms with Gasteiger partial charge in [0.2, 0.25) is 0 Å². The molecule has 0 bridgehead atoms. The van der Waals surface area contributed by atoms with Crippen LogP contribution in [-0.4, -0.2) is 235 Å². The van der Waals surface area contributed by atoms with Crippen LogP contribution in [0.4, 0.5) is 0 Å². The number of rotatable bonds is 15. The number of ether oxygens (including phenoxy) is 9. The Kier molecular flexibility index (Phi) is 17.1. The molecular weight excluding hydrogens is 969 g/mol. The predicted octanol–water partition coefficient (Wildman–Crippen LogP) is -3.33. The van der Waals surface area contributed by atoms with Crippen LogP contribution < -0.4 is 0 Å². The molecule has 23 nitrogen and oxygen atoms in total. The first-order valence-corrected chi connectivity index (χ1v) is 26.3. The molecule has 9 aliphatic rings. The second kappa shape index (κ2) is 22.2. The number of carbonyl (C=O) groups is 1. The lowest BCUT2D eigenvalue weighted by molar-refractivity contribution is -0.361. The van der Waals surface area contributed by atoms with Crippen molar-refractivity contribution >= 4 is 5.78 Å². The Morgan fingerprint density at radius 1 is 0.671 bits per heavy atom. The summed E-state index contributed by atoms with van der Waals surface area (Å²) in [4.78, 5) is 14.5. The Morgan fingerprint density at radius 2 is 1.30 bits per heavy atom. The minimum absolute atomic E-state index is 0.101. The van der Waals surface area contributed by atoms with E-state index in [-0.39, 0.29) is 84.0 Å². The fraction of sp³-hybridized carbons (Fsp3) is 0.940. The van der Waals surface area contributed by atoms with E-state index in [0.29, 0.717) is 32.1 Å². The highest BCUT2D eigenvalue weighted by Crippen LogP contribution is 2.69. The Hall–Kier alpha value is -1.63. The molecule has 0 aromatic carbocycles. The Balaban J connectivity index is 0.832. The van der Waals surface area contributed by atoms with Crippen molar-refractivity contribution in [1.29, 1.82) is 0 Å². The smallest absolute Gasteiger partial charge is 0.186 e. The van der Waals surface area contributed by atoms with Crippen LogP contribution in [0.1, 0.15) is 79.1 Å². The lowest BCUT2D eigenvalue weighted by Gasteiger charge is -2.60. The summed E-state index contributed by atoms with van der Waals surface area (Å²) < 4.78 is 53.3. The van der Waals surface area contributed by atoms with Crippen LogP contribution in [0.5, 0.6) is 0 Å². The summed E-state index contributed by atoms with van der Waals surface area (Å²) in [6.45, 7) is 6.71. The topological polar surface area (TPSA) is 363 Å². The quantitative estimate of drug-likeness (QED) is 0.0714. The van der Waals surface area contributed by atoms with Gasteiger partial charge in [-0.05, 0) is 91.9 Å². The molecular formula is C50H80O23. The maximum Gasteiger partial charge on any atom is 0.186 e. The molecule has 8 fully saturated rings. The first kappa shape index (κ1) is 56.1. The fourth-order valence-corrected chi connectivity index (χ4v) is 14.8. The number of hydrogen-bond acceptors (Lipinski definition) is 23. The molecule has 23 heteroatoms. The normalized spacial score (nSPS) is 51.9. The van der Waals surface area contributed by atoms with Crippen LogP contribution in [0, 0.1) is 52.3 Å². The third-order valence-corrected chi connectivity index (χ3v) is 18.8. The minimum atomic E-state index is -1.76. The van der Waals surface area contributed by atoms with E-state index in [1.165, 1.54) is 0 Å². The van der Waals surface area contributed by atoms with E-state index in [9.17, 15) is 71.2 Å². The van der Waals surface area contributed by atoms with Gasteiger partial charge in [-0.1, -0.05) is 20.8 Å². The average Bonchev–Trinajstić information content (AvgIpc) is 3.86. The zero-order chi connectivity index (χ0) is 52.6. The largest absolute Gasteiger partial charge is 0.494 e. The summed E-state index contributed by atoms with van der Waals surface area (Å²) in [7, 11) is 0. The van der Waals surface area contributed by atoms with E-state index in [1.807, 2.05) is 6.92 Å². The summed E-state index contributed by atoms with van der Waals surface area (Å²) >= 11 is 0. The van der Waals surface area contributed by atoms with E-state index in [2.05, 4.69) is 20.8 Å². The van der Waals surface area contributed by atoms with E-state index in [0.717, 1.165) is 30.6 Å². The molecule has 4 saturated carbocycles. The van der Waals surface area contributed by atoms with Crippen LogP contribution in [0.3, 0.4) is 0 Å². The fourth-order valence-electron chi connectivity index (χ4n) is 14.8. The summed E-state index contributed by atoms with van der Waals surface area (Å²) in [6, 6.07) is 0. The average molecular weight is 1050 g/mol. The van der Waals surface area contributed by atoms with E-state index in [1.54, 1.807) is 0 Å². The van der Waals surface area contributed by atoms with Gasteiger partial charge in [0.25, 0.3) is 0 Å². The molecule has 0 spiro atoms. The molecule has 13 N–H and O–H groups in total. The zero-order valence-electron chi connectivity index (χ0n) is 41.9. The van der Waals surface area contributed by atoms with Gasteiger partial charge >= 0.3 is 0 Å². The lowest BCUT2D eigenvalue weighted by atomic mass is 9.44. The maximum atomic E-state index is 14.5. The van der Waals surface area contributed by atoms with Crippen molar-refractivity contribution in [3.8, 4) is 0 Å². The third kappa shape index (κ3) is 10.3. The van der Waals surface area contributed by atoms with Gasteiger partial charge in [-0.15, -0.1) is 0 Å². The SMILES string of the molecule is CC1=C(C(CO)CC(C)COC2OC(CO)C(O)C(O)C2O)OC2CC3C4CC(=O)C5CC(OC6OC(COC7OCC(O)C(O)C7O)C(OC7OCC(O)C(O)C7O)C(O)C6O)CCC5(C)C4CCC3(C)C12. The van der Waals surface area contributed by atoms with Crippen molar-refractivity contribution < 1.29 is 114 Å². The Bertz CT molecular complexity index is 1930. The van der Waals surface area contributed by atoms with E-state index >= 15 is 0 Å². The molecule has 0 aromatic rings. The van der Waals surface area contributed by atoms with Gasteiger partial charge in [0, 0.05) is 24.2 Å². The number of ketones is 1. The van der Waals surface area contributed by atoms with E-state index in [4.69, 9.17) is 42.6 Å². The van der Waals surface area contributed by atoms with Crippen molar-refractivity contribution in [3.05, 3.63) is 11.3 Å². The Morgan fingerprint density at radius 3 is 1.99 bits per heavy atom. The van der Waals surface area contributed by atoms with Gasteiger partial charge in [-0.2, -0.15) is 0 Å². The summed E-state index contributed by atoms with van der Waals surface area (Å²) in [5, 5.41) is 136. The van der Waals surface area contributed by atoms with Gasteiger partial charge in [0.05, 0.1) is 45.7 Å². The van der Waals surface area contributed by atoms with Crippen LogP contribution >= 0.6 is 0 Å². The molecule has 0 amide bonds. The van der Waals surface area contributed by atoms with Crippen molar-refractivity contribution in [2.45, 2.75) is 202 Å². The monoisotopic (exact) mass is 1050 g/mol. The number of hydrogen-bond donors (Lipinski definition) is 13. The van der Waals surface area contributed by atoms with Gasteiger partial charge in [0.15, 0.2) is 25.2 Å². The molecule has 0 aromatic heterocycles. The molecule has 0 radical (unpaired) electrons. The van der Waals surface area contributed by atoms with E-state index < -0.39 is 137 Å². The lowest BCUT2D eigenvalue weighted by Crippen LogP contribution is -2.64. The highest BCUT2D eigenvalue weighted by atomic mass is 16.8. The first-order chi connectivity index (χ1) is 34.6. The molecule has 9 rings (SSSR count). The molecule has 5 aliphatic heterocycles. The molecule has 29 unspecified atom stereocenters. The molecule has 4 aliphatic carbocycles. The van der Waals surface area contributed by atoms with Crippen LogP contribution in [0.2, 0.25) is 0 Å². The van der Waals surface area contributed by atoms with Crippen LogP contribution in [-0.2, 0) is 47.4 Å². The highest BCUT2D eigenvalue weighted by Gasteiger charge is 2.66. The zero-order valence-corrected chi connectivity index (χ0v) is 41.9.